The van der Waals surface area contributed by atoms with Crippen LogP contribution in [0.15, 0.2) is 12.2 Å². The molecule has 0 spiro atoms. The monoisotopic (exact) mass is 167 g/mol. The van der Waals surface area contributed by atoms with Crippen LogP contribution in [0, 0.1) is 7.05 Å². The summed E-state index contributed by atoms with van der Waals surface area (Å²) in [5.74, 6) is -1.41. The van der Waals surface area contributed by atoms with Gasteiger partial charge in [-0.2, -0.15) is 0 Å². The molecule has 1 aliphatic heterocycles. The first kappa shape index (κ1) is 8.45. The molecule has 5 heteroatoms. The van der Waals surface area contributed by atoms with Crippen molar-refractivity contribution in [1.29, 1.82) is 0 Å². The lowest BCUT2D eigenvalue weighted by Crippen LogP contribution is -2.38. The Morgan fingerprint density at radius 3 is 2.33 bits per heavy atom. The van der Waals surface area contributed by atoms with Gasteiger partial charge in [0.05, 0.1) is 0 Å². The van der Waals surface area contributed by atoms with Crippen molar-refractivity contribution in [3.05, 3.63) is 19.2 Å². The molecule has 0 aromatic carbocycles. The first-order valence-corrected chi connectivity index (χ1v) is 3.24. The predicted octanol–water partition coefficient (Wildman–Crippen LogP) is -1.18. The second-order valence-electron chi connectivity index (χ2n) is 2.20. The summed E-state index contributed by atoms with van der Waals surface area (Å²) in [5, 5.41) is 2.07. The van der Waals surface area contributed by atoms with Crippen LogP contribution in [0.5, 0.6) is 0 Å². The Morgan fingerprint density at radius 2 is 1.92 bits per heavy atom. The number of hydrogen-bond donors (Lipinski definition) is 1. The zero-order valence-corrected chi connectivity index (χ0v) is 6.24. The minimum absolute atomic E-state index is 0.270. The second-order valence-corrected chi connectivity index (χ2v) is 2.20. The van der Waals surface area contributed by atoms with E-state index in [1.54, 1.807) is 0 Å². The molecule has 0 aromatic rings. The van der Waals surface area contributed by atoms with E-state index in [0.717, 1.165) is 17.1 Å². The molecule has 3 amide bonds. The van der Waals surface area contributed by atoms with Gasteiger partial charge >= 0.3 is 0 Å². The van der Waals surface area contributed by atoms with Gasteiger partial charge in [0.2, 0.25) is 5.91 Å². The van der Waals surface area contributed by atoms with Crippen molar-refractivity contribution in [2.45, 2.75) is 0 Å². The number of imide groups is 1. The molecule has 0 fully saturated rings. The maximum absolute atomic E-state index is 10.9. The molecule has 1 heterocycles. The number of amides is 3. The van der Waals surface area contributed by atoms with Gasteiger partial charge in [0.1, 0.15) is 6.54 Å². The van der Waals surface area contributed by atoms with Gasteiger partial charge in [-0.3, -0.25) is 19.3 Å². The fourth-order valence-electron chi connectivity index (χ4n) is 0.786. The molecule has 0 saturated carbocycles. The quantitative estimate of drug-likeness (QED) is 0.526. The number of carbonyl (C=O) groups is 3. The van der Waals surface area contributed by atoms with Gasteiger partial charge in [-0.15, -0.1) is 0 Å². The molecule has 1 rings (SSSR count). The van der Waals surface area contributed by atoms with Crippen molar-refractivity contribution in [2.75, 3.05) is 6.54 Å². The van der Waals surface area contributed by atoms with Gasteiger partial charge in [-0.1, -0.05) is 0 Å². The molecule has 12 heavy (non-hydrogen) atoms. The summed E-state index contributed by atoms with van der Waals surface area (Å²) in [5.41, 5.74) is 0. The Bertz CT molecular complexity index is 252. The number of rotatable bonds is 2. The molecule has 0 unspecified atom stereocenters. The molecule has 63 valence electrons. The van der Waals surface area contributed by atoms with Gasteiger partial charge in [0.25, 0.3) is 11.8 Å². The SMILES string of the molecule is [CH2]NC(=O)CN1C(=O)C=CC1=O. The van der Waals surface area contributed by atoms with Crippen LogP contribution >= 0.6 is 0 Å². The molecule has 1 aliphatic rings. The van der Waals surface area contributed by atoms with Crippen molar-refractivity contribution in [3.63, 3.8) is 0 Å². The fraction of sp³-hybridized carbons (Fsp3) is 0.143. The van der Waals surface area contributed by atoms with Crippen molar-refractivity contribution in [2.24, 2.45) is 0 Å². The molecular formula is C7H7N2O3. The molecule has 0 aromatic heterocycles. The summed E-state index contributed by atoms with van der Waals surface area (Å²) in [4.78, 5) is 33.3. The van der Waals surface area contributed by atoms with Crippen LogP contribution in [0.25, 0.3) is 0 Å². The fourth-order valence-corrected chi connectivity index (χ4v) is 0.786. The van der Waals surface area contributed by atoms with Crippen molar-refractivity contribution >= 4 is 17.7 Å². The smallest absolute Gasteiger partial charge is 0.254 e. The maximum Gasteiger partial charge on any atom is 0.254 e. The third-order valence-electron chi connectivity index (χ3n) is 1.40. The topological polar surface area (TPSA) is 66.5 Å². The van der Waals surface area contributed by atoms with Crippen molar-refractivity contribution in [3.8, 4) is 0 Å². The molecule has 0 atom stereocenters. The van der Waals surface area contributed by atoms with E-state index >= 15 is 0 Å². The highest BCUT2D eigenvalue weighted by molar-refractivity contribution is 6.14. The molecule has 0 aliphatic carbocycles. The minimum Gasteiger partial charge on any atom is -0.353 e. The van der Waals surface area contributed by atoms with Crippen LogP contribution in [-0.4, -0.2) is 29.2 Å². The summed E-state index contributed by atoms with van der Waals surface area (Å²) < 4.78 is 0. The summed E-state index contributed by atoms with van der Waals surface area (Å²) >= 11 is 0. The van der Waals surface area contributed by atoms with E-state index in [1.807, 2.05) is 0 Å². The minimum atomic E-state index is -0.472. The number of hydrogen-bond acceptors (Lipinski definition) is 3. The van der Waals surface area contributed by atoms with Gasteiger partial charge < -0.3 is 5.32 Å². The molecule has 1 radical (unpaired) electrons. The van der Waals surface area contributed by atoms with E-state index < -0.39 is 17.7 Å². The van der Waals surface area contributed by atoms with Crippen LogP contribution < -0.4 is 5.32 Å². The first-order chi connectivity index (χ1) is 5.65. The Balaban J connectivity index is 2.59. The van der Waals surface area contributed by atoms with Crippen molar-refractivity contribution < 1.29 is 14.4 Å². The third kappa shape index (κ3) is 1.50. The Labute approximate surface area is 69.0 Å². The summed E-state index contributed by atoms with van der Waals surface area (Å²) in [6.07, 6.45) is 2.25. The molecular weight excluding hydrogens is 160 g/mol. The highest BCUT2D eigenvalue weighted by atomic mass is 16.2. The second kappa shape index (κ2) is 3.17. The lowest BCUT2D eigenvalue weighted by Gasteiger charge is -2.11. The van der Waals surface area contributed by atoms with Gasteiger partial charge in [-0.25, -0.2) is 0 Å². The normalized spacial score (nSPS) is 15.6. The zero-order chi connectivity index (χ0) is 9.14. The highest BCUT2D eigenvalue weighted by Gasteiger charge is 2.24. The average Bonchev–Trinajstić information content (AvgIpc) is 2.35. The van der Waals surface area contributed by atoms with E-state index in [2.05, 4.69) is 12.4 Å². The van der Waals surface area contributed by atoms with E-state index in [-0.39, 0.29) is 6.54 Å². The zero-order valence-electron chi connectivity index (χ0n) is 6.24. The van der Waals surface area contributed by atoms with Gasteiger partial charge in [0, 0.05) is 19.2 Å². The molecule has 5 nitrogen and oxygen atoms in total. The Morgan fingerprint density at radius 1 is 1.42 bits per heavy atom. The number of nitrogens with one attached hydrogen (secondary N) is 1. The highest BCUT2D eigenvalue weighted by Crippen LogP contribution is 2.01. The van der Waals surface area contributed by atoms with Crippen LogP contribution in [0.3, 0.4) is 0 Å². The molecule has 0 saturated heterocycles. The third-order valence-corrected chi connectivity index (χ3v) is 1.40. The summed E-state index contributed by atoms with van der Waals surface area (Å²) in [6.45, 7) is -0.270. The van der Waals surface area contributed by atoms with Crippen LogP contribution in [0.2, 0.25) is 0 Å². The van der Waals surface area contributed by atoms with Gasteiger partial charge in [0.15, 0.2) is 0 Å². The Hall–Kier alpha value is -1.65. The van der Waals surface area contributed by atoms with Crippen LogP contribution in [-0.2, 0) is 14.4 Å². The summed E-state index contributed by atoms with van der Waals surface area (Å²) in [7, 11) is 3.11. The number of nitrogens with zero attached hydrogens (tertiary/aromatic N) is 1. The van der Waals surface area contributed by atoms with E-state index in [1.165, 1.54) is 0 Å². The lowest BCUT2D eigenvalue weighted by molar-refractivity contribution is -0.140. The molecule has 1 N–H and O–H groups in total. The van der Waals surface area contributed by atoms with Crippen LogP contribution in [0.1, 0.15) is 0 Å². The standard InChI is InChI=1S/C7H7N2O3/c1-8-5(10)4-9-6(11)2-3-7(9)12/h2-3H,1,4H2,(H,8,10). The summed E-state index contributed by atoms with van der Waals surface area (Å²) in [6, 6.07) is 0. The lowest BCUT2D eigenvalue weighted by atomic mass is 10.5. The molecule has 0 bridgehead atoms. The van der Waals surface area contributed by atoms with E-state index in [0.29, 0.717) is 0 Å². The Kier molecular flexibility index (Phi) is 2.23. The van der Waals surface area contributed by atoms with Crippen LogP contribution in [0.4, 0.5) is 0 Å². The van der Waals surface area contributed by atoms with E-state index in [9.17, 15) is 14.4 Å². The number of carbonyl (C=O) groups excluding carboxylic acids is 3. The largest absolute Gasteiger partial charge is 0.353 e. The van der Waals surface area contributed by atoms with Crippen molar-refractivity contribution in [1.82, 2.24) is 10.2 Å². The van der Waals surface area contributed by atoms with Gasteiger partial charge in [-0.05, 0) is 0 Å². The maximum atomic E-state index is 10.9. The predicted molar refractivity (Wildman–Crippen MR) is 39.4 cm³/mol. The first-order valence-electron chi connectivity index (χ1n) is 3.24. The average molecular weight is 167 g/mol. The van der Waals surface area contributed by atoms with E-state index in [4.69, 9.17) is 0 Å².